The van der Waals surface area contributed by atoms with Crippen molar-refractivity contribution in [2.75, 3.05) is 18.1 Å². The first-order chi connectivity index (χ1) is 17.2. The Labute approximate surface area is 213 Å². The smallest absolute Gasteiger partial charge is 0.227 e. The third-order valence-corrected chi connectivity index (χ3v) is 7.13. The van der Waals surface area contributed by atoms with Gasteiger partial charge in [-0.05, 0) is 66.3 Å². The molecule has 1 unspecified atom stereocenters. The molecule has 1 amide bonds. The van der Waals surface area contributed by atoms with Crippen molar-refractivity contribution in [3.8, 4) is 5.75 Å². The minimum absolute atomic E-state index is 0.0379. The number of amides is 1. The number of carbonyl (C=O) groups excluding carboxylic acids is 1. The van der Waals surface area contributed by atoms with Gasteiger partial charge >= 0.3 is 0 Å². The number of imidazole rings is 1. The third kappa shape index (κ3) is 4.75. The summed E-state index contributed by atoms with van der Waals surface area (Å²) in [6.07, 6.45) is 0.464. The van der Waals surface area contributed by atoms with Crippen molar-refractivity contribution in [2.24, 2.45) is 0 Å². The van der Waals surface area contributed by atoms with Crippen LogP contribution in [0.1, 0.15) is 55.6 Å². The maximum atomic E-state index is 13.1. The van der Waals surface area contributed by atoms with E-state index >= 15 is 0 Å². The highest BCUT2D eigenvalue weighted by Gasteiger charge is 2.35. The van der Waals surface area contributed by atoms with Crippen LogP contribution in [-0.4, -0.2) is 28.6 Å². The summed E-state index contributed by atoms with van der Waals surface area (Å²) in [5, 5.41) is 0. The largest absolute Gasteiger partial charge is 0.492 e. The van der Waals surface area contributed by atoms with Crippen LogP contribution in [-0.2, 0) is 16.8 Å². The number of hydrogen-bond donors (Lipinski definition) is 0. The van der Waals surface area contributed by atoms with Crippen molar-refractivity contribution in [3.05, 3.63) is 89.2 Å². The van der Waals surface area contributed by atoms with E-state index in [0.717, 1.165) is 39.4 Å². The standard InChI is InChI=1S/C31H35N3O2/c1-21-10-11-22(2)28(18-21)34-20-23(19-29(34)35)30-32-26-8-6-7-9-27(26)33(30)16-17-36-25-14-12-24(13-15-25)31(3,4)5/h6-15,18,23H,16-17,19-20H2,1-5H3. The first-order valence-electron chi connectivity index (χ1n) is 12.8. The number of aromatic nitrogens is 2. The molecule has 5 nitrogen and oxygen atoms in total. The molecule has 0 spiro atoms. The first kappa shape index (κ1) is 24.1. The zero-order valence-electron chi connectivity index (χ0n) is 21.9. The van der Waals surface area contributed by atoms with Crippen molar-refractivity contribution in [1.29, 1.82) is 0 Å². The van der Waals surface area contributed by atoms with Crippen molar-refractivity contribution >= 4 is 22.6 Å². The van der Waals surface area contributed by atoms with Crippen LogP contribution < -0.4 is 9.64 Å². The topological polar surface area (TPSA) is 47.4 Å². The fourth-order valence-electron chi connectivity index (χ4n) is 5.07. The number of ether oxygens (including phenoxy) is 1. The van der Waals surface area contributed by atoms with E-state index in [9.17, 15) is 4.79 Å². The lowest BCUT2D eigenvalue weighted by molar-refractivity contribution is -0.117. The molecule has 1 aliphatic rings. The van der Waals surface area contributed by atoms with Gasteiger partial charge in [0.2, 0.25) is 5.91 Å². The van der Waals surface area contributed by atoms with E-state index < -0.39 is 0 Å². The third-order valence-electron chi connectivity index (χ3n) is 7.13. The van der Waals surface area contributed by atoms with Crippen LogP contribution in [0, 0.1) is 13.8 Å². The number of rotatable bonds is 6. The highest BCUT2D eigenvalue weighted by molar-refractivity contribution is 5.97. The predicted molar refractivity (Wildman–Crippen MR) is 146 cm³/mol. The quantitative estimate of drug-likeness (QED) is 0.314. The molecule has 0 N–H and O–H groups in total. The number of anilines is 1. The van der Waals surface area contributed by atoms with Crippen molar-refractivity contribution < 1.29 is 9.53 Å². The average Bonchev–Trinajstić information content (AvgIpc) is 3.41. The van der Waals surface area contributed by atoms with E-state index in [1.807, 2.05) is 35.2 Å². The number of fused-ring (bicyclic) bond motifs is 1. The van der Waals surface area contributed by atoms with Crippen LogP contribution in [0.5, 0.6) is 5.75 Å². The van der Waals surface area contributed by atoms with Gasteiger partial charge in [-0.1, -0.05) is 57.2 Å². The Kier molecular flexibility index (Phi) is 6.33. The number of para-hydroxylation sites is 2. The fraction of sp³-hybridized carbons (Fsp3) is 0.355. The van der Waals surface area contributed by atoms with E-state index in [0.29, 0.717) is 26.1 Å². The first-order valence-corrected chi connectivity index (χ1v) is 12.8. The lowest BCUT2D eigenvalue weighted by atomic mass is 9.87. The molecule has 1 aliphatic heterocycles. The van der Waals surface area contributed by atoms with Gasteiger partial charge in [0.25, 0.3) is 0 Å². The van der Waals surface area contributed by atoms with Gasteiger partial charge in [-0.3, -0.25) is 4.79 Å². The van der Waals surface area contributed by atoms with Gasteiger partial charge in [0, 0.05) is 24.6 Å². The van der Waals surface area contributed by atoms with Crippen LogP contribution >= 0.6 is 0 Å². The molecule has 0 aliphatic carbocycles. The van der Waals surface area contributed by atoms with Gasteiger partial charge in [-0.25, -0.2) is 4.98 Å². The molecule has 3 aromatic carbocycles. The molecule has 0 radical (unpaired) electrons. The fourth-order valence-corrected chi connectivity index (χ4v) is 5.07. The van der Waals surface area contributed by atoms with Gasteiger partial charge < -0.3 is 14.2 Å². The van der Waals surface area contributed by atoms with E-state index in [2.05, 4.69) is 75.6 Å². The highest BCUT2D eigenvalue weighted by Crippen LogP contribution is 2.35. The lowest BCUT2D eigenvalue weighted by Crippen LogP contribution is -2.25. The molecule has 1 aromatic heterocycles. The molecule has 0 bridgehead atoms. The second-order valence-electron chi connectivity index (χ2n) is 10.9. The summed E-state index contributed by atoms with van der Waals surface area (Å²) in [7, 11) is 0. The Balaban J connectivity index is 1.37. The van der Waals surface area contributed by atoms with Gasteiger partial charge in [-0.2, -0.15) is 0 Å². The lowest BCUT2D eigenvalue weighted by Gasteiger charge is -2.20. The van der Waals surface area contributed by atoms with Crippen LogP contribution in [0.3, 0.4) is 0 Å². The Bertz CT molecular complexity index is 1400. The molecule has 1 atom stereocenters. The minimum atomic E-state index is 0.0379. The average molecular weight is 482 g/mol. The SMILES string of the molecule is Cc1ccc(C)c(N2CC(c3nc4ccccc4n3CCOc3ccc(C(C)(C)C)cc3)CC2=O)c1. The number of benzene rings is 3. The number of nitrogens with zero attached hydrogens (tertiary/aromatic N) is 3. The maximum Gasteiger partial charge on any atom is 0.227 e. The van der Waals surface area contributed by atoms with Gasteiger partial charge in [0.15, 0.2) is 0 Å². The summed E-state index contributed by atoms with van der Waals surface area (Å²) in [5.41, 5.74) is 6.73. The molecule has 186 valence electrons. The molecule has 5 heteroatoms. The van der Waals surface area contributed by atoms with Crippen molar-refractivity contribution in [3.63, 3.8) is 0 Å². The molecule has 1 saturated heterocycles. The van der Waals surface area contributed by atoms with Gasteiger partial charge in [0.05, 0.1) is 17.6 Å². The monoisotopic (exact) mass is 481 g/mol. The second-order valence-corrected chi connectivity index (χ2v) is 10.9. The van der Waals surface area contributed by atoms with Gasteiger partial charge in [-0.15, -0.1) is 0 Å². The summed E-state index contributed by atoms with van der Waals surface area (Å²) >= 11 is 0. The second kappa shape index (κ2) is 9.45. The molecule has 36 heavy (non-hydrogen) atoms. The van der Waals surface area contributed by atoms with Gasteiger partial charge in [0.1, 0.15) is 18.2 Å². The van der Waals surface area contributed by atoms with E-state index in [1.54, 1.807) is 0 Å². The Morgan fingerprint density at radius 3 is 2.50 bits per heavy atom. The van der Waals surface area contributed by atoms with Crippen LogP contribution in [0.2, 0.25) is 0 Å². The summed E-state index contributed by atoms with van der Waals surface area (Å²) < 4.78 is 8.37. The zero-order valence-corrected chi connectivity index (χ0v) is 21.9. The van der Waals surface area contributed by atoms with E-state index in [4.69, 9.17) is 9.72 Å². The summed E-state index contributed by atoms with van der Waals surface area (Å²) in [6.45, 7) is 12.6. The molecule has 4 aromatic rings. The maximum absolute atomic E-state index is 13.1. The molecule has 1 fully saturated rings. The molecule has 5 rings (SSSR count). The Morgan fingerprint density at radius 1 is 1.00 bits per heavy atom. The van der Waals surface area contributed by atoms with E-state index in [-0.39, 0.29) is 17.2 Å². The Hall–Kier alpha value is -3.60. The van der Waals surface area contributed by atoms with E-state index in [1.165, 1.54) is 5.56 Å². The number of carbonyl (C=O) groups is 1. The van der Waals surface area contributed by atoms with Crippen LogP contribution in [0.15, 0.2) is 66.7 Å². The van der Waals surface area contributed by atoms with Crippen LogP contribution in [0.25, 0.3) is 11.0 Å². The predicted octanol–water partition coefficient (Wildman–Crippen LogP) is 6.55. The molecule has 0 saturated carbocycles. The number of hydrogen-bond acceptors (Lipinski definition) is 3. The van der Waals surface area contributed by atoms with Crippen molar-refractivity contribution in [1.82, 2.24) is 9.55 Å². The Morgan fingerprint density at radius 2 is 1.75 bits per heavy atom. The molecular weight excluding hydrogens is 446 g/mol. The highest BCUT2D eigenvalue weighted by atomic mass is 16.5. The zero-order chi connectivity index (χ0) is 25.4. The number of aryl methyl sites for hydroxylation is 2. The normalized spacial score (nSPS) is 16.2. The summed E-state index contributed by atoms with van der Waals surface area (Å²) in [4.78, 5) is 20.0. The van der Waals surface area contributed by atoms with Crippen LogP contribution in [0.4, 0.5) is 5.69 Å². The molecule has 2 heterocycles. The summed E-state index contributed by atoms with van der Waals surface area (Å²) in [6, 6.07) is 22.9. The van der Waals surface area contributed by atoms with Crippen molar-refractivity contribution in [2.45, 2.75) is 58.9 Å². The summed E-state index contributed by atoms with van der Waals surface area (Å²) in [5.74, 6) is 2.02. The molecular formula is C31H35N3O2. The minimum Gasteiger partial charge on any atom is -0.492 e.